The van der Waals surface area contributed by atoms with E-state index in [1.165, 1.54) is 11.3 Å². The van der Waals surface area contributed by atoms with Gasteiger partial charge in [0.2, 0.25) is 0 Å². The number of hydrogen-bond acceptors (Lipinski definition) is 2. The molecular weight excluding hydrogens is 332 g/mol. The van der Waals surface area contributed by atoms with Gasteiger partial charge in [0.15, 0.2) is 0 Å². The summed E-state index contributed by atoms with van der Waals surface area (Å²) in [5.41, 5.74) is 1.03. The predicted molar refractivity (Wildman–Crippen MR) is 57.2 cm³/mol. The number of esters is 1. The Balaban J connectivity index is 0.00000144. The summed E-state index contributed by atoms with van der Waals surface area (Å²) in [5, 5.41) is 0. The molecule has 0 atom stereocenters. The second-order valence-corrected chi connectivity index (χ2v) is 4.29. The molecule has 0 fully saturated rings. The maximum Gasteiger partial charge on any atom is -0.107 e. The molecule has 0 N–H and O–H groups in total. The van der Waals surface area contributed by atoms with Crippen LogP contribution in [0.25, 0.3) is 0 Å². The number of carbonyl (C=O) groups is 1. The molecule has 0 unspecified atom stereocenters. The SMILES string of the molecule is COC(=O)Cc1ccc[c]([Zn])c1.I. The second kappa shape index (κ2) is 6.49. The van der Waals surface area contributed by atoms with E-state index in [0.29, 0.717) is 6.42 Å². The van der Waals surface area contributed by atoms with Crippen LogP contribution < -0.4 is 4.16 Å². The van der Waals surface area contributed by atoms with Gasteiger partial charge in [0.1, 0.15) is 0 Å². The molecule has 0 radical (unpaired) electrons. The van der Waals surface area contributed by atoms with Crippen molar-refractivity contribution >= 4 is 34.1 Å². The molecule has 0 aliphatic heterocycles. The summed E-state index contributed by atoms with van der Waals surface area (Å²) in [7, 11) is 1.41. The third-order valence-electron chi connectivity index (χ3n) is 1.57. The fourth-order valence-corrected chi connectivity index (χ4v) is 1.81. The normalized spacial score (nSPS) is 8.85. The smallest absolute Gasteiger partial charge is 0.107 e. The Bertz CT molecular complexity index is 289. The van der Waals surface area contributed by atoms with E-state index in [4.69, 9.17) is 0 Å². The van der Waals surface area contributed by atoms with Crippen LogP contribution in [0.5, 0.6) is 0 Å². The van der Waals surface area contributed by atoms with E-state index < -0.39 is 0 Å². The van der Waals surface area contributed by atoms with E-state index in [-0.39, 0.29) is 29.9 Å². The molecular formula is C9H10IO2Zn. The fourth-order valence-electron chi connectivity index (χ4n) is 0.978. The number of methoxy groups -OCH3 is 1. The van der Waals surface area contributed by atoms with Gasteiger partial charge >= 0.3 is 81.3 Å². The molecule has 67 valence electrons. The van der Waals surface area contributed by atoms with E-state index in [1.807, 2.05) is 18.2 Å². The Morgan fingerprint density at radius 1 is 1.54 bits per heavy atom. The first-order valence-electron chi connectivity index (χ1n) is 3.70. The molecule has 0 saturated heterocycles. The van der Waals surface area contributed by atoms with Crippen LogP contribution in [-0.4, -0.2) is 13.1 Å². The third-order valence-corrected chi connectivity index (χ3v) is 2.49. The Labute approximate surface area is 105 Å². The molecule has 0 aliphatic carbocycles. The zero-order valence-electron chi connectivity index (χ0n) is 7.45. The molecule has 4 heteroatoms. The van der Waals surface area contributed by atoms with E-state index in [2.05, 4.69) is 10.8 Å². The minimum Gasteiger partial charge on any atom is -0.107 e. The summed E-state index contributed by atoms with van der Waals surface area (Å²) in [6.45, 7) is 0. The molecule has 0 bridgehead atoms. The molecule has 0 aromatic heterocycles. The van der Waals surface area contributed by atoms with Crippen LogP contribution in [0.1, 0.15) is 5.56 Å². The van der Waals surface area contributed by atoms with Crippen molar-refractivity contribution in [2.45, 2.75) is 6.42 Å². The Morgan fingerprint density at radius 2 is 2.23 bits per heavy atom. The van der Waals surface area contributed by atoms with E-state index >= 15 is 0 Å². The summed E-state index contributed by atoms with van der Waals surface area (Å²) < 4.78 is 5.85. The Kier molecular flexibility index (Phi) is 6.51. The van der Waals surface area contributed by atoms with Gasteiger partial charge in [-0.3, -0.25) is 0 Å². The van der Waals surface area contributed by atoms with E-state index in [1.54, 1.807) is 0 Å². The average Bonchev–Trinajstić information content (AvgIpc) is 2.04. The van der Waals surface area contributed by atoms with Crippen LogP contribution in [0.15, 0.2) is 24.3 Å². The number of hydrogen-bond donors (Lipinski definition) is 0. The third kappa shape index (κ3) is 4.72. The second-order valence-electron chi connectivity index (χ2n) is 2.57. The fraction of sp³-hybridized carbons (Fsp3) is 0.222. The number of rotatable bonds is 2. The van der Waals surface area contributed by atoms with E-state index in [0.717, 1.165) is 23.9 Å². The van der Waals surface area contributed by atoms with Crippen LogP contribution in [-0.2, 0) is 34.3 Å². The summed E-state index contributed by atoms with van der Waals surface area (Å²) in [5.74, 6) is -0.180. The van der Waals surface area contributed by atoms with Crippen LogP contribution in [0.3, 0.4) is 0 Å². The largest absolute Gasteiger partial charge is 0.107 e. The van der Waals surface area contributed by atoms with Crippen molar-refractivity contribution in [3.63, 3.8) is 0 Å². The van der Waals surface area contributed by atoms with Crippen molar-refractivity contribution < 1.29 is 27.8 Å². The maximum absolute atomic E-state index is 10.9. The van der Waals surface area contributed by atoms with E-state index in [9.17, 15) is 4.79 Å². The molecule has 0 heterocycles. The van der Waals surface area contributed by atoms with Crippen LogP contribution in [0.4, 0.5) is 0 Å². The molecule has 13 heavy (non-hydrogen) atoms. The summed E-state index contributed by atoms with van der Waals surface area (Å²) in [6, 6.07) is 8.00. The number of halogens is 1. The van der Waals surface area contributed by atoms with Gasteiger partial charge in [-0.2, -0.15) is 0 Å². The van der Waals surface area contributed by atoms with Gasteiger partial charge in [-0.05, 0) is 0 Å². The first-order valence-corrected chi connectivity index (χ1v) is 5.18. The van der Waals surface area contributed by atoms with Crippen molar-refractivity contribution in [2.24, 2.45) is 0 Å². The van der Waals surface area contributed by atoms with Crippen molar-refractivity contribution in [1.82, 2.24) is 0 Å². The molecule has 0 aliphatic rings. The van der Waals surface area contributed by atoms with Crippen LogP contribution in [0.2, 0.25) is 0 Å². The standard InChI is InChI=1S/C9H9O2.HI.Zn/c1-11-9(10)7-8-5-3-2-4-6-8;;/h2-3,5-6H,7H2,1H3;1H;. The van der Waals surface area contributed by atoms with Gasteiger partial charge in [0, 0.05) is 0 Å². The number of benzene rings is 1. The number of carbonyl (C=O) groups excluding carboxylic acids is 1. The Hall–Kier alpha value is 0.0434. The van der Waals surface area contributed by atoms with Crippen molar-refractivity contribution in [1.29, 1.82) is 0 Å². The zero-order valence-corrected chi connectivity index (χ0v) is 12.7. The monoisotopic (exact) mass is 341 g/mol. The maximum atomic E-state index is 10.9. The minimum absolute atomic E-state index is 0. The number of ether oxygens (including phenoxy) is 1. The van der Waals surface area contributed by atoms with Crippen LogP contribution >= 0.6 is 24.0 Å². The predicted octanol–water partition coefficient (Wildman–Crippen LogP) is 1.19. The first-order chi connectivity index (χ1) is 5.72. The summed E-state index contributed by atoms with van der Waals surface area (Å²) in [4.78, 5) is 10.9. The Morgan fingerprint density at radius 3 is 2.77 bits per heavy atom. The van der Waals surface area contributed by atoms with Gasteiger partial charge in [0.25, 0.3) is 0 Å². The minimum atomic E-state index is -0.180. The molecule has 2 nitrogen and oxygen atoms in total. The molecule has 0 spiro atoms. The van der Waals surface area contributed by atoms with Crippen LogP contribution in [0, 0.1) is 0 Å². The van der Waals surface area contributed by atoms with Gasteiger partial charge in [0.05, 0.1) is 0 Å². The molecule has 0 amide bonds. The average molecular weight is 342 g/mol. The first kappa shape index (κ1) is 13.0. The zero-order chi connectivity index (χ0) is 8.97. The van der Waals surface area contributed by atoms with Gasteiger partial charge in [-0.25, -0.2) is 0 Å². The molecule has 1 rings (SSSR count). The summed E-state index contributed by atoms with van der Waals surface area (Å²) >= 11 is 1.12. The van der Waals surface area contributed by atoms with Crippen molar-refractivity contribution in [3.8, 4) is 0 Å². The van der Waals surface area contributed by atoms with Gasteiger partial charge < -0.3 is 0 Å². The summed E-state index contributed by atoms with van der Waals surface area (Å²) in [6.07, 6.45) is 0.379. The quantitative estimate of drug-likeness (QED) is 0.459. The molecule has 0 saturated carbocycles. The van der Waals surface area contributed by atoms with Crippen molar-refractivity contribution in [3.05, 3.63) is 29.8 Å². The van der Waals surface area contributed by atoms with Gasteiger partial charge in [-0.1, -0.05) is 0 Å². The topological polar surface area (TPSA) is 26.3 Å². The van der Waals surface area contributed by atoms with Crippen molar-refractivity contribution in [2.75, 3.05) is 7.11 Å². The van der Waals surface area contributed by atoms with Gasteiger partial charge in [-0.15, -0.1) is 24.0 Å². The molecule has 1 aromatic carbocycles. The molecule has 1 aromatic rings.